The molecule has 0 saturated carbocycles. The monoisotopic (exact) mass is 388 g/mol. The van der Waals surface area contributed by atoms with Crippen molar-refractivity contribution in [2.45, 2.75) is 52.4 Å². The zero-order chi connectivity index (χ0) is 20.2. The van der Waals surface area contributed by atoms with Gasteiger partial charge in [0.15, 0.2) is 0 Å². The summed E-state index contributed by atoms with van der Waals surface area (Å²) in [5.41, 5.74) is 7.72. The van der Waals surface area contributed by atoms with Gasteiger partial charge in [-0.3, -0.25) is 10.2 Å². The fraction of sp³-hybridized carbons (Fsp3) is 0.435. The zero-order valence-electron chi connectivity index (χ0n) is 17.6. The molecule has 0 unspecified atom stereocenters. The number of fused-ring (bicyclic) bond motifs is 3. The van der Waals surface area contributed by atoms with Crippen LogP contribution in [0.2, 0.25) is 0 Å². The molecule has 3 aromatic heterocycles. The van der Waals surface area contributed by atoms with Crippen molar-refractivity contribution in [3.63, 3.8) is 0 Å². The molecule has 2 N–H and O–H groups in total. The largest absolute Gasteiger partial charge is 0.370 e. The number of hydrogen-bond acceptors (Lipinski definition) is 4. The number of aromatic nitrogens is 5. The number of aromatic amines is 2. The topological polar surface area (TPSA) is 73.5 Å². The van der Waals surface area contributed by atoms with Gasteiger partial charge in [-0.05, 0) is 49.3 Å². The van der Waals surface area contributed by atoms with Gasteiger partial charge in [0.1, 0.15) is 0 Å². The van der Waals surface area contributed by atoms with E-state index in [0.717, 1.165) is 46.5 Å². The van der Waals surface area contributed by atoms with Gasteiger partial charge in [-0.25, -0.2) is 4.98 Å². The van der Waals surface area contributed by atoms with Crippen LogP contribution in [0.5, 0.6) is 0 Å². The Labute approximate surface area is 170 Å². The van der Waals surface area contributed by atoms with Gasteiger partial charge in [0, 0.05) is 35.1 Å². The summed E-state index contributed by atoms with van der Waals surface area (Å²) in [4.78, 5) is 7.71. The van der Waals surface area contributed by atoms with Gasteiger partial charge in [-0.1, -0.05) is 20.8 Å². The Morgan fingerprint density at radius 3 is 2.41 bits per heavy atom. The lowest BCUT2D eigenvalue weighted by atomic mass is 9.82. The molecule has 1 saturated heterocycles. The summed E-state index contributed by atoms with van der Waals surface area (Å²) >= 11 is 0. The number of aryl methyl sites for hydroxylation is 1. The van der Waals surface area contributed by atoms with Crippen LogP contribution in [-0.4, -0.2) is 38.5 Å². The minimum atomic E-state index is -0.0295. The number of benzene rings is 1. The summed E-state index contributed by atoms with van der Waals surface area (Å²) in [6.07, 6.45) is 7.59. The highest BCUT2D eigenvalue weighted by molar-refractivity contribution is 6.12. The molecular formula is C23H28N6. The van der Waals surface area contributed by atoms with Gasteiger partial charge < -0.3 is 4.90 Å². The molecule has 0 bridgehead atoms. The summed E-state index contributed by atoms with van der Waals surface area (Å²) in [5, 5.41) is 17.2. The normalized spacial score (nSPS) is 15.5. The van der Waals surface area contributed by atoms with Crippen LogP contribution in [0.15, 0.2) is 24.5 Å². The van der Waals surface area contributed by atoms with Crippen molar-refractivity contribution in [3.05, 3.63) is 35.8 Å². The highest BCUT2D eigenvalue weighted by Crippen LogP contribution is 2.41. The molecule has 6 heteroatoms. The zero-order valence-corrected chi connectivity index (χ0v) is 17.6. The molecule has 0 radical (unpaired) electrons. The van der Waals surface area contributed by atoms with Crippen molar-refractivity contribution < 1.29 is 0 Å². The van der Waals surface area contributed by atoms with Crippen molar-refractivity contribution in [2.24, 2.45) is 0 Å². The molecule has 0 atom stereocenters. The molecule has 150 valence electrons. The van der Waals surface area contributed by atoms with Crippen molar-refractivity contribution in [3.8, 4) is 11.3 Å². The first kappa shape index (κ1) is 18.2. The second-order valence-electron chi connectivity index (χ2n) is 9.21. The van der Waals surface area contributed by atoms with Crippen molar-refractivity contribution in [2.75, 3.05) is 18.0 Å². The number of rotatable bonds is 2. The highest BCUT2D eigenvalue weighted by atomic mass is 15.1. The van der Waals surface area contributed by atoms with E-state index in [1.807, 2.05) is 12.4 Å². The van der Waals surface area contributed by atoms with Crippen molar-refractivity contribution in [1.82, 2.24) is 25.4 Å². The standard InChI is InChI=1S/C23H28N6/c1-14-15(12-24-27-14)18-10-17(23(2,3)4)21-16-13-25-28-19(16)11-20(22(21)26-18)29-8-6-5-7-9-29/h10-13H,5-9H2,1-4H3,(H,24,27)(H,25,28). The first-order valence-corrected chi connectivity index (χ1v) is 10.5. The van der Waals surface area contributed by atoms with Gasteiger partial charge in [-0.15, -0.1) is 0 Å². The van der Waals surface area contributed by atoms with Gasteiger partial charge in [0.05, 0.1) is 34.8 Å². The fourth-order valence-corrected chi connectivity index (χ4v) is 4.53. The third-order valence-corrected chi connectivity index (χ3v) is 6.09. The second kappa shape index (κ2) is 6.58. The molecule has 0 amide bonds. The van der Waals surface area contributed by atoms with Crippen LogP contribution in [0.25, 0.3) is 33.1 Å². The van der Waals surface area contributed by atoms with Crippen molar-refractivity contribution >= 4 is 27.5 Å². The third kappa shape index (κ3) is 2.98. The van der Waals surface area contributed by atoms with Crippen LogP contribution in [0, 0.1) is 6.92 Å². The Morgan fingerprint density at radius 1 is 0.966 bits per heavy atom. The van der Waals surface area contributed by atoms with Gasteiger partial charge in [0.2, 0.25) is 0 Å². The lowest BCUT2D eigenvalue weighted by Gasteiger charge is -2.31. The van der Waals surface area contributed by atoms with Gasteiger partial charge >= 0.3 is 0 Å². The number of pyridine rings is 1. The Morgan fingerprint density at radius 2 is 1.72 bits per heavy atom. The summed E-state index contributed by atoms with van der Waals surface area (Å²) in [6.45, 7) is 11.0. The second-order valence-corrected chi connectivity index (χ2v) is 9.21. The van der Waals surface area contributed by atoms with Crippen LogP contribution in [0.1, 0.15) is 51.3 Å². The van der Waals surface area contributed by atoms with E-state index >= 15 is 0 Å². The van der Waals surface area contributed by atoms with Crippen LogP contribution in [0.3, 0.4) is 0 Å². The molecule has 29 heavy (non-hydrogen) atoms. The fourth-order valence-electron chi connectivity index (χ4n) is 4.53. The molecule has 6 nitrogen and oxygen atoms in total. The van der Waals surface area contributed by atoms with Gasteiger partial charge in [-0.2, -0.15) is 10.2 Å². The lowest BCUT2D eigenvalue weighted by molar-refractivity contribution is 0.578. The van der Waals surface area contributed by atoms with E-state index in [4.69, 9.17) is 4.98 Å². The molecule has 1 fully saturated rings. The van der Waals surface area contributed by atoms with E-state index in [1.165, 1.54) is 35.9 Å². The predicted molar refractivity (Wildman–Crippen MR) is 118 cm³/mol. The Balaban J connectivity index is 1.90. The molecule has 5 rings (SSSR count). The Kier molecular flexibility index (Phi) is 4.12. The minimum absolute atomic E-state index is 0.0295. The van der Waals surface area contributed by atoms with Crippen molar-refractivity contribution in [1.29, 1.82) is 0 Å². The maximum absolute atomic E-state index is 5.21. The molecule has 4 heterocycles. The Hall–Kier alpha value is -2.89. The van der Waals surface area contributed by atoms with Crippen LogP contribution < -0.4 is 4.90 Å². The van der Waals surface area contributed by atoms with Crippen LogP contribution in [-0.2, 0) is 5.41 Å². The predicted octanol–water partition coefficient (Wildman–Crippen LogP) is 5.10. The highest BCUT2D eigenvalue weighted by Gasteiger charge is 2.25. The average Bonchev–Trinajstić information content (AvgIpc) is 3.35. The van der Waals surface area contributed by atoms with E-state index in [9.17, 15) is 0 Å². The molecule has 1 aromatic carbocycles. The molecule has 0 aliphatic carbocycles. The molecule has 4 aromatic rings. The lowest BCUT2D eigenvalue weighted by Crippen LogP contribution is -2.29. The first-order valence-electron chi connectivity index (χ1n) is 10.5. The number of H-pyrrole nitrogens is 2. The number of nitrogens with zero attached hydrogens (tertiary/aromatic N) is 4. The molecule has 1 aliphatic rings. The van der Waals surface area contributed by atoms with E-state index in [0.29, 0.717) is 0 Å². The third-order valence-electron chi connectivity index (χ3n) is 6.09. The summed E-state index contributed by atoms with van der Waals surface area (Å²) in [7, 11) is 0. The SMILES string of the molecule is Cc1[nH]ncc1-c1cc(C(C)(C)C)c2c(n1)c(N1CCCCC1)cc1[nH]ncc12. The quantitative estimate of drug-likeness (QED) is 0.501. The number of hydrogen-bond donors (Lipinski definition) is 2. The smallest absolute Gasteiger partial charge is 0.0954 e. The van der Waals surface area contributed by atoms with Crippen LogP contribution in [0.4, 0.5) is 5.69 Å². The minimum Gasteiger partial charge on any atom is -0.370 e. The Bertz CT molecular complexity index is 1190. The first-order chi connectivity index (χ1) is 13.9. The van der Waals surface area contributed by atoms with E-state index in [-0.39, 0.29) is 5.41 Å². The molecule has 1 aliphatic heterocycles. The molecule has 0 spiro atoms. The summed E-state index contributed by atoms with van der Waals surface area (Å²) < 4.78 is 0. The van der Waals surface area contributed by atoms with Crippen LogP contribution >= 0.6 is 0 Å². The summed E-state index contributed by atoms with van der Waals surface area (Å²) in [5.74, 6) is 0. The molecular weight excluding hydrogens is 360 g/mol. The number of anilines is 1. The number of nitrogens with one attached hydrogen (secondary N) is 2. The maximum atomic E-state index is 5.21. The van der Waals surface area contributed by atoms with E-state index in [1.54, 1.807) is 0 Å². The van der Waals surface area contributed by atoms with Gasteiger partial charge in [0.25, 0.3) is 0 Å². The maximum Gasteiger partial charge on any atom is 0.0954 e. The average molecular weight is 389 g/mol. The van der Waals surface area contributed by atoms with E-state index in [2.05, 4.69) is 65.1 Å². The van der Waals surface area contributed by atoms with E-state index < -0.39 is 0 Å². The number of piperidine rings is 1. The summed E-state index contributed by atoms with van der Waals surface area (Å²) in [6, 6.07) is 4.48.